The third-order valence-corrected chi connectivity index (χ3v) is 5.32. The van der Waals surface area contributed by atoms with Gasteiger partial charge in [0.1, 0.15) is 12.9 Å². The van der Waals surface area contributed by atoms with Crippen molar-refractivity contribution in [3.8, 4) is 0 Å². The molecule has 0 heterocycles. The fraction of sp³-hybridized carbons (Fsp3) is 0.650. The van der Waals surface area contributed by atoms with E-state index < -0.39 is 22.2 Å². The average Bonchev–Trinajstić information content (AvgIpc) is 2.70. The quantitative estimate of drug-likeness (QED) is 0.205. The van der Waals surface area contributed by atoms with Crippen molar-refractivity contribution in [3.63, 3.8) is 0 Å². The first-order valence-electron chi connectivity index (χ1n) is 9.79. The predicted octanol–water partition coefficient (Wildman–Crippen LogP) is 2.37. The molecular formula is C20H32O9S. The van der Waals surface area contributed by atoms with Crippen LogP contribution < -0.4 is 0 Å². The van der Waals surface area contributed by atoms with Crippen molar-refractivity contribution in [3.05, 3.63) is 29.8 Å². The molecule has 0 radical (unpaired) electrons. The average molecular weight is 449 g/mol. The third kappa shape index (κ3) is 12.2. The molecule has 0 aromatic heterocycles. The molecule has 1 aromatic carbocycles. The summed E-state index contributed by atoms with van der Waals surface area (Å²) in [5.41, 5.74) is 0.945. The number of hydrogen-bond acceptors (Lipinski definition) is 8. The standard InChI is InChI=1S/C20H32O9S/c1-17-7-9-19(10-8-17)30(23,24)29-15-18(28-16-27-13-12-25-2)14-26-11-5-3-4-6-20(21)22/h7-10,18H,3-6,11-16H2,1-2H3,(H,21,22)/t18-/m1/s1. The van der Waals surface area contributed by atoms with Crippen LogP contribution in [0, 0.1) is 6.92 Å². The smallest absolute Gasteiger partial charge is 0.303 e. The molecule has 0 aliphatic carbocycles. The van der Waals surface area contributed by atoms with Gasteiger partial charge in [-0.05, 0) is 31.9 Å². The molecule has 0 saturated heterocycles. The van der Waals surface area contributed by atoms with Crippen LogP contribution in [0.25, 0.3) is 0 Å². The second-order valence-electron chi connectivity index (χ2n) is 6.64. The van der Waals surface area contributed by atoms with Crippen molar-refractivity contribution in [2.24, 2.45) is 0 Å². The van der Waals surface area contributed by atoms with Gasteiger partial charge >= 0.3 is 5.97 Å². The van der Waals surface area contributed by atoms with Crippen molar-refractivity contribution >= 4 is 16.1 Å². The molecule has 0 aliphatic rings. The van der Waals surface area contributed by atoms with Crippen LogP contribution in [-0.2, 0) is 38.0 Å². The summed E-state index contributed by atoms with van der Waals surface area (Å²) in [4.78, 5) is 10.6. The summed E-state index contributed by atoms with van der Waals surface area (Å²) in [6, 6.07) is 6.37. The maximum absolute atomic E-state index is 12.4. The van der Waals surface area contributed by atoms with E-state index in [1.165, 1.54) is 12.1 Å². The fourth-order valence-corrected chi connectivity index (χ4v) is 3.24. The van der Waals surface area contributed by atoms with Crippen LogP contribution >= 0.6 is 0 Å². The van der Waals surface area contributed by atoms with Gasteiger partial charge in [0.2, 0.25) is 0 Å². The lowest BCUT2D eigenvalue weighted by Gasteiger charge is -2.18. The molecule has 0 amide bonds. The second-order valence-corrected chi connectivity index (χ2v) is 8.25. The number of benzene rings is 1. The van der Waals surface area contributed by atoms with Gasteiger partial charge in [0.15, 0.2) is 0 Å². The van der Waals surface area contributed by atoms with E-state index in [-0.39, 0.29) is 31.3 Å². The summed E-state index contributed by atoms with van der Waals surface area (Å²) in [6.45, 7) is 2.89. The zero-order chi connectivity index (χ0) is 22.2. The molecule has 172 valence electrons. The van der Waals surface area contributed by atoms with E-state index in [0.717, 1.165) is 12.0 Å². The van der Waals surface area contributed by atoms with E-state index in [2.05, 4.69) is 0 Å². The molecule has 1 N–H and O–H groups in total. The first kappa shape index (κ1) is 26.5. The molecule has 0 aliphatic heterocycles. The van der Waals surface area contributed by atoms with E-state index in [1.54, 1.807) is 19.2 Å². The largest absolute Gasteiger partial charge is 0.481 e. The fourth-order valence-electron chi connectivity index (χ4n) is 2.30. The van der Waals surface area contributed by atoms with Crippen molar-refractivity contribution in [1.29, 1.82) is 0 Å². The van der Waals surface area contributed by atoms with E-state index in [0.29, 0.717) is 32.7 Å². The molecule has 0 bridgehead atoms. The Hall–Kier alpha value is -1.56. The number of aryl methyl sites for hydroxylation is 1. The van der Waals surface area contributed by atoms with E-state index >= 15 is 0 Å². The van der Waals surface area contributed by atoms with E-state index in [9.17, 15) is 13.2 Å². The number of aliphatic carboxylic acids is 1. The van der Waals surface area contributed by atoms with Crippen LogP contribution in [0.3, 0.4) is 0 Å². The Morgan fingerprint density at radius 2 is 1.73 bits per heavy atom. The first-order chi connectivity index (χ1) is 14.3. The number of carbonyl (C=O) groups is 1. The summed E-state index contributed by atoms with van der Waals surface area (Å²) < 4.78 is 51.0. The Balaban J connectivity index is 2.45. The number of carboxylic acid groups (broad SMARTS) is 1. The van der Waals surface area contributed by atoms with Crippen molar-refractivity contribution in [1.82, 2.24) is 0 Å². The zero-order valence-electron chi connectivity index (χ0n) is 17.6. The highest BCUT2D eigenvalue weighted by molar-refractivity contribution is 7.86. The SMILES string of the molecule is COCCOCO[C@H](COCCCCCC(=O)O)COS(=O)(=O)c1ccc(C)cc1. The highest BCUT2D eigenvalue weighted by Crippen LogP contribution is 2.14. The lowest BCUT2D eigenvalue weighted by atomic mass is 10.2. The summed E-state index contributed by atoms with van der Waals surface area (Å²) in [7, 11) is -2.36. The van der Waals surface area contributed by atoms with Gasteiger partial charge in [-0.3, -0.25) is 8.98 Å². The van der Waals surface area contributed by atoms with Gasteiger partial charge in [0, 0.05) is 20.1 Å². The maximum Gasteiger partial charge on any atom is 0.303 e. The summed E-state index contributed by atoms with van der Waals surface area (Å²) in [5.74, 6) is -0.815. The normalized spacial score (nSPS) is 12.7. The van der Waals surface area contributed by atoms with Crippen molar-refractivity contribution in [2.45, 2.75) is 43.6 Å². The molecule has 0 unspecified atom stereocenters. The Morgan fingerprint density at radius 3 is 2.40 bits per heavy atom. The van der Waals surface area contributed by atoms with Crippen LogP contribution in [0.5, 0.6) is 0 Å². The molecule has 1 rings (SSSR count). The van der Waals surface area contributed by atoms with E-state index in [4.69, 9.17) is 28.2 Å². The Labute approximate surface area is 178 Å². The number of unbranched alkanes of at least 4 members (excludes halogenated alkanes) is 2. The maximum atomic E-state index is 12.4. The van der Waals surface area contributed by atoms with Gasteiger partial charge in [-0.25, -0.2) is 0 Å². The molecule has 9 nitrogen and oxygen atoms in total. The van der Waals surface area contributed by atoms with Crippen LogP contribution in [-0.4, -0.2) is 72.5 Å². The van der Waals surface area contributed by atoms with Gasteiger partial charge in [0.25, 0.3) is 10.1 Å². The molecule has 0 fully saturated rings. The molecule has 1 aromatic rings. The zero-order valence-corrected chi connectivity index (χ0v) is 18.4. The van der Waals surface area contributed by atoms with Gasteiger partial charge in [-0.15, -0.1) is 0 Å². The highest BCUT2D eigenvalue weighted by atomic mass is 32.2. The minimum Gasteiger partial charge on any atom is -0.481 e. The van der Waals surface area contributed by atoms with Gasteiger partial charge < -0.3 is 24.1 Å². The van der Waals surface area contributed by atoms with Gasteiger partial charge in [-0.2, -0.15) is 8.42 Å². The van der Waals surface area contributed by atoms with Crippen LogP contribution in [0.4, 0.5) is 0 Å². The molecule has 1 atom stereocenters. The molecular weight excluding hydrogens is 416 g/mol. The number of ether oxygens (including phenoxy) is 4. The second kappa shape index (κ2) is 15.3. The lowest BCUT2D eigenvalue weighted by Crippen LogP contribution is -2.29. The van der Waals surface area contributed by atoms with Crippen molar-refractivity contribution in [2.75, 3.05) is 46.9 Å². The molecule has 30 heavy (non-hydrogen) atoms. The molecule has 10 heteroatoms. The van der Waals surface area contributed by atoms with Gasteiger partial charge in [-0.1, -0.05) is 24.1 Å². The monoisotopic (exact) mass is 448 g/mol. The first-order valence-corrected chi connectivity index (χ1v) is 11.2. The summed E-state index contributed by atoms with van der Waals surface area (Å²) >= 11 is 0. The summed E-state index contributed by atoms with van der Waals surface area (Å²) in [6.07, 6.45) is 1.51. The predicted molar refractivity (Wildman–Crippen MR) is 109 cm³/mol. The number of hydrogen-bond donors (Lipinski definition) is 1. The Kier molecular flexibility index (Phi) is 13.5. The molecule has 0 spiro atoms. The minimum absolute atomic E-state index is 0.0516. The Morgan fingerprint density at radius 1 is 1.00 bits per heavy atom. The Bertz CT molecular complexity index is 689. The molecule has 0 saturated carbocycles. The van der Waals surface area contributed by atoms with Crippen LogP contribution in [0.1, 0.15) is 31.2 Å². The topological polar surface area (TPSA) is 118 Å². The van der Waals surface area contributed by atoms with Crippen LogP contribution in [0.15, 0.2) is 29.2 Å². The van der Waals surface area contributed by atoms with E-state index in [1.807, 2.05) is 6.92 Å². The lowest BCUT2D eigenvalue weighted by molar-refractivity contribution is -0.137. The number of carboxylic acids is 1. The summed E-state index contributed by atoms with van der Waals surface area (Å²) in [5, 5.41) is 8.62. The van der Waals surface area contributed by atoms with Gasteiger partial charge in [0.05, 0.1) is 31.3 Å². The number of methoxy groups -OCH3 is 1. The van der Waals surface area contributed by atoms with Crippen LogP contribution in [0.2, 0.25) is 0 Å². The minimum atomic E-state index is -3.91. The van der Waals surface area contributed by atoms with Crippen molar-refractivity contribution < 1.29 is 41.4 Å². The third-order valence-electron chi connectivity index (χ3n) is 4.02. The highest BCUT2D eigenvalue weighted by Gasteiger charge is 2.19. The number of rotatable bonds is 18.